The molecule has 2 aromatic carbocycles. The molecule has 0 unspecified atom stereocenters. The lowest BCUT2D eigenvalue weighted by Gasteiger charge is -2.12. The normalized spacial score (nSPS) is 11.2. The van der Waals surface area contributed by atoms with Crippen LogP contribution in [0.4, 0.5) is 5.95 Å². The number of pyridine rings is 1. The van der Waals surface area contributed by atoms with Gasteiger partial charge >= 0.3 is 0 Å². The Balaban J connectivity index is 1.60. The molecule has 0 bridgehead atoms. The van der Waals surface area contributed by atoms with Gasteiger partial charge in [-0.25, -0.2) is 4.98 Å². The van der Waals surface area contributed by atoms with Crippen LogP contribution in [-0.2, 0) is 13.0 Å². The summed E-state index contributed by atoms with van der Waals surface area (Å²) in [6.07, 6.45) is 4.34. The van der Waals surface area contributed by atoms with Crippen LogP contribution in [0.15, 0.2) is 71.8 Å². The van der Waals surface area contributed by atoms with E-state index in [0.717, 1.165) is 17.7 Å². The third-order valence-corrected chi connectivity index (χ3v) is 5.21. The Morgan fingerprint density at radius 1 is 1.00 bits per heavy atom. The zero-order chi connectivity index (χ0) is 20.5. The first-order chi connectivity index (χ1) is 14.7. The summed E-state index contributed by atoms with van der Waals surface area (Å²) in [5.74, 6) is 0.459. The lowest BCUT2D eigenvalue weighted by Crippen LogP contribution is -2.20. The third-order valence-electron chi connectivity index (χ3n) is 5.21. The molecule has 2 N–H and O–H groups in total. The lowest BCUT2D eigenvalue weighted by molar-refractivity contribution is 1.00. The van der Waals surface area contributed by atoms with Crippen molar-refractivity contribution in [3.63, 3.8) is 0 Å². The Kier molecular flexibility index (Phi) is 4.48. The second-order valence-electron chi connectivity index (χ2n) is 7.08. The van der Waals surface area contributed by atoms with Crippen molar-refractivity contribution in [1.29, 1.82) is 0 Å². The van der Waals surface area contributed by atoms with Crippen molar-refractivity contribution in [2.24, 2.45) is 0 Å². The Morgan fingerprint density at radius 2 is 1.77 bits per heavy atom. The summed E-state index contributed by atoms with van der Waals surface area (Å²) in [4.78, 5) is 22.3. The van der Waals surface area contributed by atoms with Crippen LogP contribution in [0.25, 0.3) is 27.6 Å². The van der Waals surface area contributed by atoms with E-state index in [-0.39, 0.29) is 5.56 Å². The minimum atomic E-state index is -0.169. The Morgan fingerprint density at radius 3 is 2.53 bits per heavy atom. The van der Waals surface area contributed by atoms with Crippen LogP contribution in [0.3, 0.4) is 0 Å². The van der Waals surface area contributed by atoms with Crippen molar-refractivity contribution in [1.82, 2.24) is 24.7 Å². The number of hydrogen-bond donors (Lipinski definition) is 2. The molecule has 0 saturated heterocycles. The molecule has 0 amide bonds. The lowest BCUT2D eigenvalue weighted by atomic mass is 10.1. The van der Waals surface area contributed by atoms with E-state index in [4.69, 9.17) is 0 Å². The van der Waals surface area contributed by atoms with Gasteiger partial charge in [-0.2, -0.15) is 10.1 Å². The molecule has 5 aromatic rings. The molecule has 5 rings (SSSR count). The van der Waals surface area contributed by atoms with Crippen LogP contribution in [0, 0.1) is 0 Å². The number of H-pyrrole nitrogens is 1. The van der Waals surface area contributed by atoms with Gasteiger partial charge in [-0.05, 0) is 29.7 Å². The third kappa shape index (κ3) is 3.10. The molecule has 0 spiro atoms. The molecule has 7 heteroatoms. The minimum Gasteiger partial charge on any atom is -0.350 e. The number of nitrogens with zero attached hydrogens (tertiary/aromatic N) is 4. The van der Waals surface area contributed by atoms with Crippen molar-refractivity contribution in [3.05, 3.63) is 88.5 Å². The zero-order valence-corrected chi connectivity index (χ0v) is 16.5. The van der Waals surface area contributed by atoms with Crippen molar-refractivity contribution in [2.75, 3.05) is 5.32 Å². The number of aromatic nitrogens is 5. The molecule has 0 saturated carbocycles. The van der Waals surface area contributed by atoms with Gasteiger partial charge in [-0.15, -0.1) is 0 Å². The fraction of sp³-hybridized carbons (Fsp3) is 0.130. The average molecular weight is 396 g/mol. The van der Waals surface area contributed by atoms with Crippen LogP contribution >= 0.6 is 0 Å². The van der Waals surface area contributed by atoms with Crippen molar-refractivity contribution >= 4 is 27.9 Å². The number of rotatable bonds is 5. The first-order valence-corrected chi connectivity index (χ1v) is 9.87. The Labute approximate surface area is 172 Å². The highest BCUT2D eigenvalue weighted by molar-refractivity contribution is 6.02. The molecule has 0 fully saturated rings. The predicted molar refractivity (Wildman–Crippen MR) is 118 cm³/mol. The minimum absolute atomic E-state index is 0.169. The monoisotopic (exact) mass is 396 g/mol. The van der Waals surface area contributed by atoms with Crippen molar-refractivity contribution < 1.29 is 0 Å². The van der Waals surface area contributed by atoms with E-state index in [1.54, 1.807) is 17.0 Å². The number of hydrogen-bond acceptors (Lipinski definition) is 5. The van der Waals surface area contributed by atoms with Gasteiger partial charge in [-0.1, -0.05) is 49.4 Å². The highest BCUT2D eigenvalue weighted by Crippen LogP contribution is 2.22. The van der Waals surface area contributed by atoms with Gasteiger partial charge in [0.15, 0.2) is 5.65 Å². The van der Waals surface area contributed by atoms with Gasteiger partial charge in [0.25, 0.3) is 5.56 Å². The predicted octanol–water partition coefficient (Wildman–Crippen LogP) is 3.83. The second-order valence-corrected chi connectivity index (χ2v) is 7.08. The van der Waals surface area contributed by atoms with Crippen LogP contribution in [0.1, 0.15) is 18.1 Å². The highest BCUT2D eigenvalue weighted by atomic mass is 16.1. The first kappa shape index (κ1) is 18.1. The van der Waals surface area contributed by atoms with Gasteiger partial charge in [-0.3, -0.25) is 14.5 Å². The Bertz CT molecular complexity index is 1390. The van der Waals surface area contributed by atoms with Crippen LogP contribution in [0.2, 0.25) is 0 Å². The largest absolute Gasteiger partial charge is 0.350 e. The molecule has 3 aromatic heterocycles. The summed E-state index contributed by atoms with van der Waals surface area (Å²) in [5.41, 5.74) is 4.11. The maximum Gasteiger partial charge on any atom is 0.267 e. The standard InChI is InChI=1S/C23H20N6O/c1-2-15-8-10-16(11-9-15)12-24-23-25-13-18-20-19(14-26-28-20)22(30)29(21(18)27-23)17-6-4-3-5-7-17/h3-11,13-14H,2,12H2,1H3,(H,26,28)(H,24,25,27). The number of anilines is 1. The maximum absolute atomic E-state index is 13.2. The summed E-state index contributed by atoms with van der Waals surface area (Å²) in [6, 6.07) is 17.9. The van der Waals surface area contributed by atoms with Gasteiger partial charge in [0.1, 0.15) is 5.52 Å². The van der Waals surface area contributed by atoms with Crippen molar-refractivity contribution in [2.45, 2.75) is 19.9 Å². The van der Waals surface area contributed by atoms with Gasteiger partial charge in [0.05, 0.1) is 16.5 Å². The van der Waals surface area contributed by atoms with Gasteiger partial charge in [0, 0.05) is 18.9 Å². The number of aryl methyl sites for hydroxylation is 1. The second kappa shape index (κ2) is 7.44. The average Bonchev–Trinajstić information content (AvgIpc) is 3.29. The summed E-state index contributed by atoms with van der Waals surface area (Å²) >= 11 is 0. The maximum atomic E-state index is 13.2. The molecule has 148 valence electrons. The number of benzene rings is 2. The molecule has 0 aliphatic carbocycles. The molecule has 0 aliphatic heterocycles. The van der Waals surface area contributed by atoms with E-state index in [2.05, 4.69) is 56.7 Å². The summed E-state index contributed by atoms with van der Waals surface area (Å²) < 4.78 is 1.61. The van der Waals surface area contributed by atoms with E-state index < -0.39 is 0 Å². The number of aromatic amines is 1. The van der Waals surface area contributed by atoms with E-state index in [9.17, 15) is 4.79 Å². The van der Waals surface area contributed by atoms with E-state index >= 15 is 0 Å². The van der Waals surface area contributed by atoms with Crippen LogP contribution < -0.4 is 10.9 Å². The van der Waals surface area contributed by atoms with Crippen LogP contribution in [-0.4, -0.2) is 24.7 Å². The fourth-order valence-corrected chi connectivity index (χ4v) is 3.56. The SMILES string of the molecule is CCc1ccc(CNc2ncc3c4n[nH]cc4c(=O)n(-c4ccccc4)c3n2)cc1. The van der Waals surface area contributed by atoms with E-state index in [0.29, 0.717) is 34.4 Å². The molecule has 3 heterocycles. The number of para-hydroxylation sites is 1. The molecular weight excluding hydrogens is 376 g/mol. The molecule has 0 atom stereocenters. The first-order valence-electron chi connectivity index (χ1n) is 9.87. The molecule has 30 heavy (non-hydrogen) atoms. The molecule has 0 aliphatic rings. The number of fused-ring (bicyclic) bond motifs is 3. The number of nitrogens with one attached hydrogen (secondary N) is 2. The molecular formula is C23H20N6O. The smallest absolute Gasteiger partial charge is 0.267 e. The van der Waals surface area contributed by atoms with E-state index in [1.165, 1.54) is 5.56 Å². The van der Waals surface area contributed by atoms with Crippen LogP contribution in [0.5, 0.6) is 0 Å². The topological polar surface area (TPSA) is 88.5 Å². The molecule has 0 radical (unpaired) electrons. The Hall–Kier alpha value is -4.00. The highest BCUT2D eigenvalue weighted by Gasteiger charge is 2.16. The van der Waals surface area contributed by atoms with Crippen molar-refractivity contribution in [3.8, 4) is 5.69 Å². The van der Waals surface area contributed by atoms with E-state index in [1.807, 2.05) is 30.3 Å². The molecule has 7 nitrogen and oxygen atoms in total. The zero-order valence-electron chi connectivity index (χ0n) is 16.5. The van der Waals surface area contributed by atoms with Gasteiger partial charge in [0.2, 0.25) is 5.95 Å². The summed E-state index contributed by atoms with van der Waals surface area (Å²) in [5, 5.41) is 11.5. The summed E-state index contributed by atoms with van der Waals surface area (Å²) in [6.45, 7) is 2.73. The fourth-order valence-electron chi connectivity index (χ4n) is 3.56. The van der Waals surface area contributed by atoms with Gasteiger partial charge < -0.3 is 5.32 Å². The quantitative estimate of drug-likeness (QED) is 0.471. The summed E-state index contributed by atoms with van der Waals surface area (Å²) in [7, 11) is 0.